The Morgan fingerprint density at radius 1 is 1.09 bits per heavy atom. The van der Waals surface area contributed by atoms with Gasteiger partial charge in [0.05, 0.1) is 22.7 Å². The summed E-state index contributed by atoms with van der Waals surface area (Å²) in [6.45, 7) is 1.56. The third-order valence-corrected chi connectivity index (χ3v) is 8.20. The van der Waals surface area contributed by atoms with Crippen LogP contribution in [0.3, 0.4) is 0 Å². The van der Waals surface area contributed by atoms with Crippen molar-refractivity contribution in [2.45, 2.75) is 24.2 Å². The summed E-state index contributed by atoms with van der Waals surface area (Å²) in [6, 6.07) is 13.9. The molecule has 3 aromatic rings. The Morgan fingerprint density at radius 2 is 1.78 bits per heavy atom. The molecule has 7 nitrogen and oxygen atoms in total. The van der Waals surface area contributed by atoms with E-state index in [2.05, 4.69) is 10.3 Å². The molecule has 32 heavy (non-hydrogen) atoms. The molecular formula is C23H25N3O4S2. The van der Waals surface area contributed by atoms with E-state index in [9.17, 15) is 13.2 Å². The monoisotopic (exact) mass is 471 g/mol. The molecule has 0 atom stereocenters. The van der Waals surface area contributed by atoms with Gasteiger partial charge in [-0.3, -0.25) is 4.79 Å². The lowest BCUT2D eigenvalue weighted by atomic mass is 10.2. The average molecular weight is 472 g/mol. The molecule has 4 rings (SSSR count). The lowest BCUT2D eigenvalue weighted by Gasteiger charge is -2.15. The quantitative estimate of drug-likeness (QED) is 0.543. The zero-order valence-corrected chi connectivity index (χ0v) is 19.4. The van der Waals surface area contributed by atoms with Gasteiger partial charge < -0.3 is 10.1 Å². The molecule has 2 aromatic carbocycles. The number of carbonyl (C=O) groups is 1. The number of amides is 1. The number of sulfonamides is 1. The molecule has 1 aliphatic rings. The second kappa shape index (κ2) is 9.81. The van der Waals surface area contributed by atoms with E-state index in [0.717, 1.165) is 34.9 Å². The van der Waals surface area contributed by atoms with Gasteiger partial charge in [-0.2, -0.15) is 4.31 Å². The predicted octanol–water partition coefficient (Wildman–Crippen LogP) is 3.58. The minimum Gasteiger partial charge on any atom is -0.497 e. The summed E-state index contributed by atoms with van der Waals surface area (Å²) in [7, 11) is -1.84. The van der Waals surface area contributed by atoms with Crippen LogP contribution in [0.4, 0.5) is 0 Å². The fraction of sp³-hybridized carbons (Fsp3) is 0.304. The predicted molar refractivity (Wildman–Crippen MR) is 125 cm³/mol. The van der Waals surface area contributed by atoms with Crippen molar-refractivity contribution in [2.75, 3.05) is 26.7 Å². The van der Waals surface area contributed by atoms with Gasteiger partial charge in [0, 0.05) is 42.6 Å². The Balaban J connectivity index is 1.31. The van der Waals surface area contributed by atoms with Crippen molar-refractivity contribution in [2.24, 2.45) is 0 Å². The lowest BCUT2D eigenvalue weighted by molar-refractivity contribution is 0.0954. The van der Waals surface area contributed by atoms with Crippen LogP contribution in [0.1, 0.15) is 28.2 Å². The average Bonchev–Trinajstić information content (AvgIpc) is 3.52. The first-order valence-electron chi connectivity index (χ1n) is 10.4. The van der Waals surface area contributed by atoms with Crippen LogP contribution in [-0.2, 0) is 16.4 Å². The van der Waals surface area contributed by atoms with Gasteiger partial charge >= 0.3 is 0 Å². The van der Waals surface area contributed by atoms with Gasteiger partial charge in [0.25, 0.3) is 5.91 Å². The normalized spacial score (nSPS) is 14.4. The Morgan fingerprint density at radius 3 is 2.44 bits per heavy atom. The zero-order chi connectivity index (χ0) is 22.6. The van der Waals surface area contributed by atoms with Crippen molar-refractivity contribution in [1.29, 1.82) is 0 Å². The maximum absolute atomic E-state index is 12.6. The molecule has 2 heterocycles. The summed E-state index contributed by atoms with van der Waals surface area (Å²) in [6.07, 6.45) is 2.40. The number of benzene rings is 2. The van der Waals surface area contributed by atoms with Crippen LogP contribution in [0.15, 0.2) is 58.8 Å². The highest BCUT2D eigenvalue weighted by Crippen LogP contribution is 2.24. The van der Waals surface area contributed by atoms with Crippen LogP contribution in [0, 0.1) is 0 Å². The molecule has 9 heteroatoms. The van der Waals surface area contributed by atoms with Crippen LogP contribution in [0.5, 0.6) is 5.75 Å². The van der Waals surface area contributed by atoms with E-state index < -0.39 is 10.0 Å². The first-order valence-corrected chi connectivity index (χ1v) is 12.8. The Kier molecular flexibility index (Phi) is 6.88. The van der Waals surface area contributed by atoms with E-state index in [1.165, 1.54) is 16.4 Å². The van der Waals surface area contributed by atoms with Crippen molar-refractivity contribution in [1.82, 2.24) is 14.6 Å². The molecule has 0 radical (unpaired) electrons. The van der Waals surface area contributed by atoms with Crippen LogP contribution in [0.25, 0.3) is 11.3 Å². The first kappa shape index (κ1) is 22.4. The van der Waals surface area contributed by atoms with E-state index in [1.807, 2.05) is 29.6 Å². The van der Waals surface area contributed by atoms with Crippen LogP contribution in [0.2, 0.25) is 0 Å². The summed E-state index contributed by atoms with van der Waals surface area (Å²) in [5.41, 5.74) is 2.35. The fourth-order valence-electron chi connectivity index (χ4n) is 3.56. The highest BCUT2D eigenvalue weighted by Gasteiger charge is 2.27. The largest absolute Gasteiger partial charge is 0.497 e. The number of rotatable bonds is 8. The molecule has 1 fully saturated rings. The van der Waals surface area contributed by atoms with Gasteiger partial charge in [0.15, 0.2) is 0 Å². The standard InChI is InChI=1S/C23H25N3O4S2/c1-30-19-8-4-17(5-9-19)21-16-31-22(25-21)12-13-24-23(27)18-6-10-20(11-7-18)32(28,29)26-14-2-3-15-26/h4-11,16H,2-3,12-15H2,1H3,(H,24,27). The van der Waals surface area contributed by atoms with Gasteiger partial charge in [-0.1, -0.05) is 0 Å². The van der Waals surface area contributed by atoms with E-state index in [4.69, 9.17) is 4.74 Å². The van der Waals surface area contributed by atoms with Crippen LogP contribution in [-0.4, -0.2) is 50.4 Å². The second-order valence-corrected chi connectivity index (χ2v) is 10.4. The number of nitrogens with zero attached hydrogens (tertiary/aromatic N) is 2. The Labute approximate surface area is 192 Å². The first-order chi connectivity index (χ1) is 15.5. The highest BCUT2D eigenvalue weighted by molar-refractivity contribution is 7.89. The molecule has 0 aliphatic carbocycles. The molecule has 1 N–H and O–H groups in total. The number of hydrogen-bond donors (Lipinski definition) is 1. The van der Waals surface area contributed by atoms with E-state index in [0.29, 0.717) is 31.6 Å². The van der Waals surface area contributed by atoms with Gasteiger partial charge in [0.1, 0.15) is 5.75 Å². The molecule has 1 saturated heterocycles. The third kappa shape index (κ3) is 5.01. The molecule has 0 bridgehead atoms. The van der Waals surface area contributed by atoms with Crippen molar-refractivity contribution in [3.05, 3.63) is 64.5 Å². The van der Waals surface area contributed by atoms with Gasteiger partial charge in [0.2, 0.25) is 10.0 Å². The second-order valence-electron chi connectivity index (χ2n) is 7.50. The number of carbonyl (C=O) groups excluding carboxylic acids is 1. The fourth-order valence-corrected chi connectivity index (χ4v) is 5.89. The third-order valence-electron chi connectivity index (χ3n) is 5.38. The maximum atomic E-state index is 12.6. The summed E-state index contributed by atoms with van der Waals surface area (Å²) in [5, 5.41) is 5.81. The molecule has 1 aliphatic heterocycles. The summed E-state index contributed by atoms with van der Waals surface area (Å²) in [5.74, 6) is 0.565. The van der Waals surface area contributed by atoms with E-state index in [-0.39, 0.29) is 10.8 Å². The molecular weight excluding hydrogens is 446 g/mol. The van der Waals surface area contributed by atoms with Crippen molar-refractivity contribution in [3.63, 3.8) is 0 Å². The topological polar surface area (TPSA) is 88.6 Å². The van der Waals surface area contributed by atoms with Crippen LogP contribution < -0.4 is 10.1 Å². The van der Waals surface area contributed by atoms with E-state index >= 15 is 0 Å². The van der Waals surface area contributed by atoms with Crippen molar-refractivity contribution < 1.29 is 17.9 Å². The minimum absolute atomic E-state index is 0.227. The van der Waals surface area contributed by atoms with Crippen molar-refractivity contribution >= 4 is 27.3 Å². The summed E-state index contributed by atoms with van der Waals surface area (Å²) < 4.78 is 31.9. The number of hydrogen-bond acceptors (Lipinski definition) is 6. The Bertz CT molecular complexity index is 1170. The molecule has 0 unspecified atom stereocenters. The SMILES string of the molecule is COc1ccc(-c2csc(CCNC(=O)c3ccc(S(=O)(=O)N4CCCC4)cc3)n2)cc1. The van der Waals surface area contributed by atoms with Crippen molar-refractivity contribution in [3.8, 4) is 17.0 Å². The summed E-state index contributed by atoms with van der Waals surface area (Å²) >= 11 is 1.55. The van der Waals surface area contributed by atoms with Crippen LogP contribution >= 0.6 is 11.3 Å². The number of nitrogens with one attached hydrogen (secondary N) is 1. The van der Waals surface area contributed by atoms with Gasteiger partial charge in [-0.05, 0) is 61.4 Å². The van der Waals surface area contributed by atoms with Gasteiger partial charge in [-0.25, -0.2) is 13.4 Å². The molecule has 0 spiro atoms. The van der Waals surface area contributed by atoms with Gasteiger partial charge in [-0.15, -0.1) is 11.3 Å². The number of thiazole rings is 1. The number of aromatic nitrogens is 1. The molecule has 0 saturated carbocycles. The molecule has 1 amide bonds. The number of ether oxygens (including phenoxy) is 1. The van der Waals surface area contributed by atoms with E-state index in [1.54, 1.807) is 30.6 Å². The maximum Gasteiger partial charge on any atom is 0.251 e. The Hall–Kier alpha value is -2.75. The smallest absolute Gasteiger partial charge is 0.251 e. The lowest BCUT2D eigenvalue weighted by Crippen LogP contribution is -2.28. The highest BCUT2D eigenvalue weighted by atomic mass is 32.2. The number of methoxy groups -OCH3 is 1. The molecule has 1 aromatic heterocycles. The zero-order valence-electron chi connectivity index (χ0n) is 17.8. The molecule has 168 valence electrons. The summed E-state index contributed by atoms with van der Waals surface area (Å²) in [4.78, 5) is 17.3. The minimum atomic E-state index is -3.47.